The summed E-state index contributed by atoms with van der Waals surface area (Å²) in [5.41, 5.74) is -0.959. The highest BCUT2D eigenvalue weighted by Crippen LogP contribution is 2.30. The van der Waals surface area contributed by atoms with Gasteiger partial charge in [-0.05, 0) is 32.6 Å². The number of aromatic nitrogens is 2. The highest BCUT2D eigenvalue weighted by Gasteiger charge is 2.34. The molecule has 2 aliphatic heterocycles. The molecule has 3 rings (SSSR count). The minimum atomic E-state index is -4.52. The molecule has 0 atom stereocenters. The number of hydrogen-bond acceptors (Lipinski definition) is 5. The van der Waals surface area contributed by atoms with Gasteiger partial charge in [-0.2, -0.15) is 30.6 Å². The van der Waals surface area contributed by atoms with Gasteiger partial charge in [0.05, 0.1) is 0 Å². The fourth-order valence-corrected chi connectivity index (χ4v) is 5.20. The molecular weight excluding hydrogens is 395 g/mol. The van der Waals surface area contributed by atoms with Crippen LogP contribution in [0, 0.1) is 6.92 Å². The standard InChI is InChI=1S/C17H26F3N5O2S/c1-13-21-15(17(18,19)20)12-16(22-13)24-10-6-14(7-11-24)23-28(26,27)25-8-4-2-3-5-9-25/h12,14,23H,2-11H2,1H3. The molecule has 0 unspecified atom stereocenters. The first kappa shape index (κ1) is 21.3. The number of nitrogens with one attached hydrogen (secondary N) is 1. The van der Waals surface area contributed by atoms with Crippen molar-refractivity contribution in [3.8, 4) is 0 Å². The minimum Gasteiger partial charge on any atom is -0.356 e. The number of nitrogens with zero attached hydrogens (tertiary/aromatic N) is 4. The van der Waals surface area contributed by atoms with Crippen LogP contribution in [0.15, 0.2) is 6.07 Å². The first-order valence-corrected chi connectivity index (χ1v) is 11.0. The van der Waals surface area contributed by atoms with E-state index in [1.807, 2.05) is 0 Å². The Morgan fingerprint density at radius 2 is 1.64 bits per heavy atom. The molecule has 2 aliphatic rings. The molecule has 11 heteroatoms. The van der Waals surface area contributed by atoms with Gasteiger partial charge in [0.15, 0.2) is 0 Å². The summed E-state index contributed by atoms with van der Waals surface area (Å²) < 4.78 is 68.4. The molecular formula is C17H26F3N5O2S. The van der Waals surface area contributed by atoms with Gasteiger partial charge in [-0.3, -0.25) is 0 Å². The van der Waals surface area contributed by atoms with Crippen LogP contribution in [-0.2, 0) is 16.4 Å². The van der Waals surface area contributed by atoms with Gasteiger partial charge in [-0.1, -0.05) is 12.8 Å². The lowest BCUT2D eigenvalue weighted by atomic mass is 10.1. The number of aryl methyl sites for hydroxylation is 1. The maximum atomic E-state index is 13.0. The number of piperidine rings is 1. The number of alkyl halides is 3. The zero-order valence-electron chi connectivity index (χ0n) is 15.9. The van der Waals surface area contributed by atoms with Crippen molar-refractivity contribution in [3.63, 3.8) is 0 Å². The molecule has 0 radical (unpaired) electrons. The third-order valence-corrected chi connectivity index (χ3v) is 6.83. The van der Waals surface area contributed by atoms with Crippen LogP contribution < -0.4 is 9.62 Å². The van der Waals surface area contributed by atoms with E-state index in [2.05, 4.69) is 14.7 Å². The Morgan fingerprint density at radius 1 is 1.04 bits per heavy atom. The SMILES string of the molecule is Cc1nc(N2CCC(NS(=O)(=O)N3CCCCCC3)CC2)cc(C(F)(F)F)n1. The first-order valence-electron chi connectivity index (χ1n) is 9.60. The van der Waals surface area contributed by atoms with Crippen molar-refractivity contribution >= 4 is 16.0 Å². The molecule has 1 aromatic rings. The topological polar surface area (TPSA) is 78.4 Å². The van der Waals surface area contributed by atoms with E-state index >= 15 is 0 Å². The van der Waals surface area contributed by atoms with Gasteiger partial charge in [0.25, 0.3) is 10.2 Å². The van der Waals surface area contributed by atoms with Gasteiger partial charge in [0, 0.05) is 38.3 Å². The zero-order valence-corrected chi connectivity index (χ0v) is 16.7. The summed E-state index contributed by atoms with van der Waals surface area (Å²) in [7, 11) is -3.53. The third kappa shape index (κ3) is 5.32. The molecule has 28 heavy (non-hydrogen) atoms. The van der Waals surface area contributed by atoms with Gasteiger partial charge in [-0.25, -0.2) is 9.97 Å². The van der Waals surface area contributed by atoms with E-state index in [0.29, 0.717) is 39.0 Å². The third-order valence-electron chi connectivity index (χ3n) is 5.15. The molecule has 1 N–H and O–H groups in total. The summed E-state index contributed by atoms with van der Waals surface area (Å²) in [4.78, 5) is 9.34. The quantitative estimate of drug-likeness (QED) is 0.808. The normalized spacial score (nSPS) is 20.9. The Morgan fingerprint density at radius 3 is 2.21 bits per heavy atom. The van der Waals surface area contributed by atoms with E-state index in [0.717, 1.165) is 31.7 Å². The lowest BCUT2D eigenvalue weighted by Crippen LogP contribution is -2.50. The van der Waals surface area contributed by atoms with Crippen molar-refractivity contribution in [1.29, 1.82) is 0 Å². The average Bonchev–Trinajstić information content (AvgIpc) is 2.91. The van der Waals surface area contributed by atoms with Crippen LogP contribution >= 0.6 is 0 Å². The molecule has 0 saturated carbocycles. The molecule has 2 saturated heterocycles. The van der Waals surface area contributed by atoms with E-state index in [1.54, 1.807) is 4.90 Å². The molecule has 0 aliphatic carbocycles. The minimum absolute atomic E-state index is 0.0637. The molecule has 7 nitrogen and oxygen atoms in total. The summed E-state index contributed by atoms with van der Waals surface area (Å²) >= 11 is 0. The van der Waals surface area contributed by atoms with Crippen LogP contribution in [0.5, 0.6) is 0 Å². The monoisotopic (exact) mass is 421 g/mol. The van der Waals surface area contributed by atoms with Crippen LogP contribution in [0.25, 0.3) is 0 Å². The second-order valence-corrected chi connectivity index (χ2v) is 9.06. The lowest BCUT2D eigenvalue weighted by Gasteiger charge is -2.34. The number of hydrogen-bond donors (Lipinski definition) is 1. The van der Waals surface area contributed by atoms with Crippen molar-refractivity contribution in [2.75, 3.05) is 31.1 Å². The van der Waals surface area contributed by atoms with Gasteiger partial charge in [0.2, 0.25) is 0 Å². The van der Waals surface area contributed by atoms with Crippen molar-refractivity contribution in [2.45, 2.75) is 57.7 Å². The Hall–Kier alpha value is -1.46. The molecule has 0 spiro atoms. The molecule has 3 heterocycles. The number of anilines is 1. The van der Waals surface area contributed by atoms with Crippen LogP contribution in [0.3, 0.4) is 0 Å². The molecule has 2 fully saturated rings. The fourth-order valence-electron chi connectivity index (χ4n) is 3.65. The van der Waals surface area contributed by atoms with Gasteiger partial charge >= 0.3 is 6.18 Å². The summed E-state index contributed by atoms with van der Waals surface area (Å²) in [5.74, 6) is 0.294. The fraction of sp³-hybridized carbons (Fsp3) is 0.765. The van der Waals surface area contributed by atoms with E-state index in [9.17, 15) is 21.6 Å². The maximum Gasteiger partial charge on any atom is 0.433 e. The van der Waals surface area contributed by atoms with Gasteiger partial charge < -0.3 is 4.90 Å². The van der Waals surface area contributed by atoms with Crippen molar-refractivity contribution in [1.82, 2.24) is 19.0 Å². The zero-order chi connectivity index (χ0) is 20.4. The molecule has 0 amide bonds. The van der Waals surface area contributed by atoms with Crippen LogP contribution in [0.2, 0.25) is 0 Å². The lowest BCUT2D eigenvalue weighted by molar-refractivity contribution is -0.141. The highest BCUT2D eigenvalue weighted by molar-refractivity contribution is 7.87. The number of rotatable bonds is 4. The summed E-state index contributed by atoms with van der Waals surface area (Å²) in [6, 6.07) is 0.726. The van der Waals surface area contributed by atoms with Crippen molar-refractivity contribution in [2.24, 2.45) is 0 Å². The van der Waals surface area contributed by atoms with Crippen molar-refractivity contribution < 1.29 is 21.6 Å². The predicted octanol–water partition coefficient (Wildman–Crippen LogP) is 2.48. The number of halogens is 3. The average molecular weight is 421 g/mol. The molecule has 158 valence electrons. The van der Waals surface area contributed by atoms with Crippen LogP contribution in [0.1, 0.15) is 50.0 Å². The first-order chi connectivity index (χ1) is 13.1. The van der Waals surface area contributed by atoms with Crippen LogP contribution in [0.4, 0.5) is 19.0 Å². The smallest absolute Gasteiger partial charge is 0.356 e. The Balaban J connectivity index is 1.61. The summed E-state index contributed by atoms with van der Waals surface area (Å²) in [6.07, 6.45) is 0.325. The predicted molar refractivity (Wildman–Crippen MR) is 99.1 cm³/mol. The molecule has 0 bridgehead atoms. The molecule has 0 aromatic carbocycles. The van der Waals surface area contributed by atoms with E-state index in [1.165, 1.54) is 11.2 Å². The second-order valence-electron chi connectivity index (χ2n) is 7.35. The van der Waals surface area contributed by atoms with Gasteiger partial charge in [-0.15, -0.1) is 0 Å². The summed E-state index contributed by atoms with van der Waals surface area (Å²) in [5, 5.41) is 0. The Labute approximate surface area is 163 Å². The Bertz CT molecular complexity index is 771. The highest BCUT2D eigenvalue weighted by atomic mass is 32.2. The van der Waals surface area contributed by atoms with Crippen LogP contribution in [-0.4, -0.2) is 54.9 Å². The second kappa shape index (κ2) is 8.50. The van der Waals surface area contributed by atoms with Crippen molar-refractivity contribution in [3.05, 3.63) is 17.6 Å². The molecule has 1 aromatic heterocycles. The summed E-state index contributed by atoms with van der Waals surface area (Å²) in [6.45, 7) is 3.37. The van der Waals surface area contributed by atoms with E-state index in [-0.39, 0.29) is 17.7 Å². The van der Waals surface area contributed by atoms with E-state index < -0.39 is 22.1 Å². The van der Waals surface area contributed by atoms with Gasteiger partial charge in [0.1, 0.15) is 17.3 Å². The largest absolute Gasteiger partial charge is 0.433 e. The van der Waals surface area contributed by atoms with E-state index in [4.69, 9.17) is 0 Å². The Kier molecular flexibility index (Phi) is 6.45. The maximum absolute atomic E-state index is 13.0.